The monoisotopic (exact) mass is 322 g/mol. The molecule has 0 amide bonds. The van der Waals surface area contributed by atoms with Crippen LogP contribution in [0, 0.1) is 34.5 Å². The zero-order valence-corrected chi connectivity index (χ0v) is 15.0. The van der Waals surface area contributed by atoms with Crippen LogP contribution in [0.4, 0.5) is 8.78 Å². The summed E-state index contributed by atoms with van der Waals surface area (Å²) in [4.78, 5) is 0. The van der Waals surface area contributed by atoms with Crippen LogP contribution in [-0.2, 0) is 0 Å². The molecule has 0 aromatic heterocycles. The normalized spacial score (nSPS) is 51.4. The summed E-state index contributed by atoms with van der Waals surface area (Å²) in [6.07, 6.45) is 11.1. The van der Waals surface area contributed by atoms with Gasteiger partial charge in [0.1, 0.15) is 0 Å². The Labute approximate surface area is 140 Å². The highest BCUT2D eigenvalue weighted by Crippen LogP contribution is 2.69. The summed E-state index contributed by atoms with van der Waals surface area (Å²) >= 11 is 0. The summed E-state index contributed by atoms with van der Waals surface area (Å²) in [6, 6.07) is 0. The maximum atomic E-state index is 15.0. The van der Waals surface area contributed by atoms with E-state index >= 15 is 8.78 Å². The maximum absolute atomic E-state index is 15.0. The van der Waals surface area contributed by atoms with Crippen molar-refractivity contribution in [3.8, 4) is 0 Å². The molecule has 4 aliphatic rings. The first-order chi connectivity index (χ1) is 10.8. The molecule has 130 valence electrons. The molecule has 2 heteroatoms. The van der Waals surface area contributed by atoms with Crippen LogP contribution >= 0.6 is 0 Å². The molecule has 0 saturated heterocycles. The molecule has 0 radical (unpaired) electrons. The van der Waals surface area contributed by atoms with Gasteiger partial charge in [-0.25, -0.2) is 8.78 Å². The predicted molar refractivity (Wildman–Crippen MR) is 90.4 cm³/mol. The van der Waals surface area contributed by atoms with E-state index in [4.69, 9.17) is 0 Å². The summed E-state index contributed by atoms with van der Waals surface area (Å²) in [7, 11) is 0. The average molecular weight is 322 g/mol. The first-order valence-corrected chi connectivity index (χ1v) is 9.92. The van der Waals surface area contributed by atoms with E-state index in [0.29, 0.717) is 22.8 Å². The van der Waals surface area contributed by atoms with Crippen LogP contribution in [0.25, 0.3) is 0 Å². The van der Waals surface area contributed by atoms with E-state index in [0.717, 1.165) is 25.2 Å². The molecule has 4 aliphatic carbocycles. The summed E-state index contributed by atoms with van der Waals surface area (Å²) in [5.41, 5.74) is 0.625. The molecule has 0 aromatic rings. The molecule has 6 atom stereocenters. The van der Waals surface area contributed by atoms with Crippen molar-refractivity contribution in [3.05, 3.63) is 11.6 Å². The molecule has 0 N–H and O–H groups in total. The summed E-state index contributed by atoms with van der Waals surface area (Å²) in [5, 5.41) is 0. The summed E-state index contributed by atoms with van der Waals surface area (Å²) in [6.45, 7) is 6.91. The van der Waals surface area contributed by atoms with Gasteiger partial charge in [-0.3, -0.25) is 0 Å². The lowest BCUT2D eigenvalue weighted by molar-refractivity contribution is -0.128. The van der Waals surface area contributed by atoms with Crippen molar-refractivity contribution in [1.29, 1.82) is 0 Å². The molecule has 0 aromatic carbocycles. The van der Waals surface area contributed by atoms with Gasteiger partial charge in [-0.2, -0.15) is 0 Å². The second-order valence-corrected chi connectivity index (χ2v) is 9.44. The first kappa shape index (κ1) is 16.1. The number of hydrogen-bond acceptors (Lipinski definition) is 0. The minimum absolute atomic E-state index is 0.135. The van der Waals surface area contributed by atoms with Crippen molar-refractivity contribution < 1.29 is 8.78 Å². The van der Waals surface area contributed by atoms with Crippen molar-refractivity contribution in [3.63, 3.8) is 0 Å². The second kappa shape index (κ2) is 5.05. The van der Waals surface area contributed by atoms with E-state index in [1.165, 1.54) is 32.1 Å². The van der Waals surface area contributed by atoms with Gasteiger partial charge in [0.25, 0.3) is 5.92 Å². The van der Waals surface area contributed by atoms with Crippen molar-refractivity contribution in [2.24, 2.45) is 34.5 Å². The standard InChI is InChI=1S/C21H32F2/c1-4-14-8-9-16-15-13-21(22,23)18-7-5-6-11-20(18,3)17(15)10-12-19(14,16)2/h7,14-17H,4-6,8-13H2,1-3H3/t14-,15-,16-,17-,19+,20+/m0/s1. The van der Waals surface area contributed by atoms with Crippen molar-refractivity contribution >= 4 is 0 Å². The number of fused-ring (bicyclic) bond motifs is 5. The Kier molecular flexibility index (Phi) is 3.53. The fraction of sp³-hybridized carbons (Fsp3) is 0.905. The number of halogens is 2. The smallest absolute Gasteiger partial charge is 0.202 e. The highest BCUT2D eigenvalue weighted by atomic mass is 19.3. The van der Waals surface area contributed by atoms with E-state index in [2.05, 4.69) is 20.8 Å². The predicted octanol–water partition coefficient (Wildman–Crippen LogP) is 6.61. The van der Waals surface area contributed by atoms with Crippen LogP contribution in [0.15, 0.2) is 11.6 Å². The zero-order valence-electron chi connectivity index (χ0n) is 15.0. The van der Waals surface area contributed by atoms with Gasteiger partial charge in [0.15, 0.2) is 0 Å². The van der Waals surface area contributed by atoms with Gasteiger partial charge in [-0.15, -0.1) is 0 Å². The lowest BCUT2D eigenvalue weighted by atomic mass is 9.46. The van der Waals surface area contributed by atoms with Gasteiger partial charge in [0, 0.05) is 12.0 Å². The summed E-state index contributed by atoms with van der Waals surface area (Å²) < 4.78 is 30.1. The van der Waals surface area contributed by atoms with Gasteiger partial charge in [-0.1, -0.05) is 33.3 Å². The number of allylic oxidation sites excluding steroid dienone is 2. The fourth-order valence-electron chi connectivity index (χ4n) is 7.58. The van der Waals surface area contributed by atoms with Crippen molar-refractivity contribution in [2.75, 3.05) is 0 Å². The quantitative estimate of drug-likeness (QED) is 0.476. The molecule has 0 bridgehead atoms. The van der Waals surface area contributed by atoms with Gasteiger partial charge in [0.05, 0.1) is 0 Å². The van der Waals surface area contributed by atoms with Crippen LogP contribution < -0.4 is 0 Å². The molecule has 0 aliphatic heterocycles. The number of hydrogen-bond donors (Lipinski definition) is 0. The summed E-state index contributed by atoms with van der Waals surface area (Å²) in [5.74, 6) is -0.503. The number of rotatable bonds is 1. The van der Waals surface area contributed by atoms with Gasteiger partial charge < -0.3 is 0 Å². The SMILES string of the molecule is CC[C@H]1CC[C@H]2[C@@H]3CC(F)(F)C4=CCCC[C@]4(C)[C@H]3CC[C@]12C. The molecule has 0 nitrogen and oxygen atoms in total. The minimum Gasteiger partial charge on any atom is -0.202 e. The largest absolute Gasteiger partial charge is 0.270 e. The lowest BCUT2D eigenvalue weighted by Crippen LogP contribution is -2.55. The van der Waals surface area contributed by atoms with Crippen LogP contribution in [0.1, 0.15) is 78.6 Å². The highest BCUT2D eigenvalue weighted by molar-refractivity contribution is 5.30. The Morgan fingerprint density at radius 3 is 2.61 bits per heavy atom. The minimum atomic E-state index is -2.56. The van der Waals surface area contributed by atoms with Crippen molar-refractivity contribution in [1.82, 2.24) is 0 Å². The Bertz CT molecular complexity index is 522. The van der Waals surface area contributed by atoms with Gasteiger partial charge in [0.2, 0.25) is 0 Å². The third-order valence-corrected chi connectivity index (χ3v) is 8.69. The van der Waals surface area contributed by atoms with E-state index in [-0.39, 0.29) is 17.8 Å². The Hall–Kier alpha value is -0.400. The topological polar surface area (TPSA) is 0 Å². The first-order valence-electron chi connectivity index (χ1n) is 9.92. The van der Waals surface area contributed by atoms with Gasteiger partial charge in [-0.05, 0) is 79.4 Å². The molecule has 0 heterocycles. The van der Waals surface area contributed by atoms with Gasteiger partial charge >= 0.3 is 0 Å². The Morgan fingerprint density at radius 1 is 1.09 bits per heavy atom. The molecule has 0 spiro atoms. The van der Waals surface area contributed by atoms with Crippen molar-refractivity contribution in [2.45, 2.75) is 84.5 Å². The molecule has 3 saturated carbocycles. The molecular formula is C21H32F2. The average Bonchev–Trinajstić information content (AvgIpc) is 2.83. The maximum Gasteiger partial charge on any atom is 0.270 e. The Morgan fingerprint density at radius 2 is 1.87 bits per heavy atom. The van der Waals surface area contributed by atoms with Crippen LogP contribution in [0.2, 0.25) is 0 Å². The van der Waals surface area contributed by atoms with Crippen LogP contribution in [0.5, 0.6) is 0 Å². The third-order valence-electron chi connectivity index (χ3n) is 8.69. The highest BCUT2D eigenvalue weighted by Gasteiger charge is 2.63. The second-order valence-electron chi connectivity index (χ2n) is 9.44. The van der Waals surface area contributed by atoms with E-state index in [1.54, 1.807) is 0 Å². The van der Waals surface area contributed by atoms with Crippen LogP contribution in [0.3, 0.4) is 0 Å². The molecule has 0 unspecified atom stereocenters. The van der Waals surface area contributed by atoms with E-state index < -0.39 is 5.92 Å². The lowest BCUT2D eigenvalue weighted by Gasteiger charge is -2.59. The molecule has 23 heavy (non-hydrogen) atoms. The third kappa shape index (κ3) is 2.05. The molecule has 4 rings (SSSR count). The number of alkyl halides is 2. The van der Waals surface area contributed by atoms with E-state index in [1.807, 2.05) is 6.08 Å². The Balaban J connectivity index is 1.74. The molecule has 3 fully saturated rings. The van der Waals surface area contributed by atoms with E-state index in [9.17, 15) is 0 Å². The fourth-order valence-corrected chi connectivity index (χ4v) is 7.58. The molecular weight excluding hydrogens is 290 g/mol. The van der Waals surface area contributed by atoms with Crippen LogP contribution in [-0.4, -0.2) is 5.92 Å². The zero-order chi connectivity index (χ0) is 16.5.